The lowest BCUT2D eigenvalue weighted by atomic mass is 9.78. The van der Waals surface area contributed by atoms with Crippen LogP contribution in [0.2, 0.25) is 0 Å². The van der Waals surface area contributed by atoms with E-state index in [0.29, 0.717) is 11.8 Å². The van der Waals surface area contributed by atoms with Gasteiger partial charge in [0.25, 0.3) is 0 Å². The summed E-state index contributed by atoms with van der Waals surface area (Å²) in [4.78, 5) is 26.0. The largest absolute Gasteiger partial charge is 0.481 e. The molecule has 4 heterocycles. The Morgan fingerprint density at radius 2 is 2.15 bits per heavy atom. The molecule has 0 bridgehead atoms. The van der Waals surface area contributed by atoms with E-state index in [9.17, 15) is 4.79 Å². The molecular weight excluding hydrogens is 328 g/mol. The first kappa shape index (κ1) is 17.0. The first-order valence-corrected chi connectivity index (χ1v) is 9.06. The van der Waals surface area contributed by atoms with Gasteiger partial charge in [-0.2, -0.15) is 0 Å². The van der Waals surface area contributed by atoms with Crippen molar-refractivity contribution in [2.75, 3.05) is 31.6 Å². The van der Waals surface area contributed by atoms with Crippen LogP contribution in [0.4, 0.5) is 5.69 Å². The zero-order valence-electron chi connectivity index (χ0n) is 15.3. The van der Waals surface area contributed by atoms with E-state index in [4.69, 9.17) is 4.74 Å². The lowest BCUT2D eigenvalue weighted by molar-refractivity contribution is -0.126. The van der Waals surface area contributed by atoms with Crippen LogP contribution in [-0.4, -0.2) is 47.5 Å². The van der Waals surface area contributed by atoms with Crippen molar-refractivity contribution in [1.82, 2.24) is 14.9 Å². The van der Waals surface area contributed by atoms with Gasteiger partial charge in [-0.1, -0.05) is 13.0 Å². The third-order valence-corrected chi connectivity index (χ3v) is 5.83. The van der Waals surface area contributed by atoms with Crippen LogP contribution in [-0.2, 0) is 11.3 Å². The molecule has 2 aliphatic heterocycles. The van der Waals surface area contributed by atoms with E-state index < -0.39 is 0 Å². The number of nitrogens with zero attached hydrogens (tertiary/aromatic N) is 4. The van der Waals surface area contributed by atoms with Crippen LogP contribution in [0.3, 0.4) is 0 Å². The maximum Gasteiger partial charge on any atom is 0.234 e. The van der Waals surface area contributed by atoms with Gasteiger partial charge in [-0.3, -0.25) is 14.7 Å². The Bertz CT molecular complexity index is 797. The summed E-state index contributed by atoms with van der Waals surface area (Å²) < 4.78 is 5.38. The topological polar surface area (TPSA) is 58.6 Å². The van der Waals surface area contributed by atoms with Crippen molar-refractivity contribution in [3.05, 3.63) is 48.4 Å². The van der Waals surface area contributed by atoms with Crippen LogP contribution in [0, 0.1) is 11.3 Å². The number of rotatable bonds is 4. The first-order valence-electron chi connectivity index (χ1n) is 9.06. The summed E-state index contributed by atoms with van der Waals surface area (Å²) in [6.45, 7) is 5.40. The van der Waals surface area contributed by atoms with Gasteiger partial charge in [0.2, 0.25) is 11.8 Å². The summed E-state index contributed by atoms with van der Waals surface area (Å²) in [6.07, 6.45) is 6.14. The van der Waals surface area contributed by atoms with Gasteiger partial charge in [-0.05, 0) is 30.5 Å². The van der Waals surface area contributed by atoms with Crippen molar-refractivity contribution >= 4 is 11.6 Å². The average molecular weight is 352 g/mol. The van der Waals surface area contributed by atoms with Crippen molar-refractivity contribution in [3.8, 4) is 5.88 Å². The number of anilines is 1. The summed E-state index contributed by atoms with van der Waals surface area (Å²) in [5.74, 6) is 1.22. The SMILES string of the molecule is COc1ncccc1CN1C[C@H](C)[C@]2(CCN(c3cccnc3)C2=O)C1. The predicted molar refractivity (Wildman–Crippen MR) is 98.9 cm³/mol. The molecule has 0 N–H and O–H groups in total. The van der Waals surface area contributed by atoms with Gasteiger partial charge >= 0.3 is 0 Å². The minimum atomic E-state index is -0.300. The molecule has 2 saturated heterocycles. The summed E-state index contributed by atoms with van der Waals surface area (Å²) in [7, 11) is 1.65. The molecule has 26 heavy (non-hydrogen) atoms. The number of pyridine rings is 2. The highest BCUT2D eigenvalue weighted by molar-refractivity contribution is 6.00. The van der Waals surface area contributed by atoms with E-state index in [1.807, 2.05) is 29.2 Å². The van der Waals surface area contributed by atoms with E-state index in [1.54, 1.807) is 25.7 Å². The summed E-state index contributed by atoms with van der Waals surface area (Å²) >= 11 is 0. The van der Waals surface area contributed by atoms with Crippen LogP contribution in [0.5, 0.6) is 5.88 Å². The van der Waals surface area contributed by atoms with E-state index in [2.05, 4.69) is 21.8 Å². The fraction of sp³-hybridized carbons (Fsp3) is 0.450. The lowest BCUT2D eigenvalue weighted by Gasteiger charge is -2.26. The van der Waals surface area contributed by atoms with Crippen molar-refractivity contribution in [1.29, 1.82) is 0 Å². The molecule has 2 aliphatic rings. The number of hydrogen-bond donors (Lipinski definition) is 0. The van der Waals surface area contributed by atoms with Crippen molar-refractivity contribution in [3.63, 3.8) is 0 Å². The molecule has 6 nitrogen and oxygen atoms in total. The molecule has 0 unspecified atom stereocenters. The second-order valence-corrected chi connectivity index (χ2v) is 7.32. The third-order valence-electron chi connectivity index (χ3n) is 5.83. The number of amides is 1. The Hall–Kier alpha value is -2.47. The molecule has 0 saturated carbocycles. The average Bonchev–Trinajstić information content (AvgIpc) is 3.16. The normalized spacial score (nSPS) is 26.0. The van der Waals surface area contributed by atoms with E-state index in [1.165, 1.54) is 0 Å². The maximum absolute atomic E-state index is 13.3. The Morgan fingerprint density at radius 3 is 2.92 bits per heavy atom. The summed E-state index contributed by atoms with van der Waals surface area (Å²) in [5, 5.41) is 0. The van der Waals surface area contributed by atoms with E-state index >= 15 is 0 Å². The van der Waals surface area contributed by atoms with Crippen molar-refractivity contribution in [2.24, 2.45) is 11.3 Å². The van der Waals surface area contributed by atoms with Gasteiger partial charge in [-0.25, -0.2) is 4.98 Å². The fourth-order valence-corrected chi connectivity index (χ4v) is 4.42. The second kappa shape index (κ2) is 6.68. The van der Waals surface area contributed by atoms with Crippen molar-refractivity contribution < 1.29 is 9.53 Å². The van der Waals surface area contributed by atoms with E-state index in [-0.39, 0.29) is 11.3 Å². The highest BCUT2D eigenvalue weighted by Gasteiger charge is 2.55. The minimum absolute atomic E-state index is 0.235. The predicted octanol–water partition coefficient (Wildman–Crippen LogP) is 2.36. The smallest absolute Gasteiger partial charge is 0.234 e. The fourth-order valence-electron chi connectivity index (χ4n) is 4.42. The monoisotopic (exact) mass is 352 g/mol. The van der Waals surface area contributed by atoms with Crippen LogP contribution < -0.4 is 9.64 Å². The molecule has 0 aliphatic carbocycles. The van der Waals surface area contributed by atoms with Crippen LogP contribution >= 0.6 is 0 Å². The quantitative estimate of drug-likeness (QED) is 0.845. The molecule has 2 fully saturated rings. The number of likely N-dealkylation sites (tertiary alicyclic amines) is 1. The molecule has 2 aromatic rings. The molecule has 136 valence electrons. The summed E-state index contributed by atoms with van der Waals surface area (Å²) in [6, 6.07) is 7.81. The van der Waals surface area contributed by atoms with Crippen LogP contribution in [0.15, 0.2) is 42.9 Å². The molecule has 0 aromatic carbocycles. The molecule has 0 radical (unpaired) electrons. The molecule has 6 heteroatoms. The Morgan fingerprint density at radius 1 is 1.31 bits per heavy atom. The van der Waals surface area contributed by atoms with Crippen LogP contribution in [0.1, 0.15) is 18.9 Å². The number of methoxy groups -OCH3 is 1. The zero-order valence-corrected chi connectivity index (χ0v) is 15.3. The molecule has 1 spiro atoms. The Kier molecular flexibility index (Phi) is 4.36. The minimum Gasteiger partial charge on any atom is -0.481 e. The van der Waals surface area contributed by atoms with Crippen LogP contribution in [0.25, 0.3) is 0 Å². The third kappa shape index (κ3) is 2.74. The second-order valence-electron chi connectivity index (χ2n) is 7.32. The number of carbonyl (C=O) groups is 1. The number of aromatic nitrogens is 2. The standard InChI is InChI=1S/C20H24N4O2/c1-15-12-23(13-16-5-3-9-22-18(16)26-2)14-20(15)7-10-24(19(20)25)17-6-4-8-21-11-17/h3-6,8-9,11,15H,7,10,12-14H2,1-2H3/t15-,20-/m0/s1. The van der Waals surface area contributed by atoms with Gasteiger partial charge in [0.05, 0.1) is 24.4 Å². The highest BCUT2D eigenvalue weighted by atomic mass is 16.5. The van der Waals surface area contributed by atoms with Gasteiger partial charge in [-0.15, -0.1) is 0 Å². The molecule has 4 rings (SSSR count). The van der Waals surface area contributed by atoms with E-state index in [0.717, 1.165) is 43.9 Å². The Balaban J connectivity index is 1.53. The summed E-state index contributed by atoms with van der Waals surface area (Å²) in [5.41, 5.74) is 1.66. The van der Waals surface area contributed by atoms with Gasteiger partial charge in [0.1, 0.15) is 0 Å². The number of hydrogen-bond acceptors (Lipinski definition) is 5. The molecule has 2 aromatic heterocycles. The lowest BCUT2D eigenvalue weighted by Crippen LogP contribution is -2.39. The number of ether oxygens (including phenoxy) is 1. The number of carbonyl (C=O) groups excluding carboxylic acids is 1. The first-order chi connectivity index (χ1) is 12.6. The van der Waals surface area contributed by atoms with Crippen molar-refractivity contribution in [2.45, 2.75) is 19.9 Å². The Labute approximate surface area is 153 Å². The zero-order chi connectivity index (χ0) is 18.1. The maximum atomic E-state index is 13.3. The van der Waals surface area contributed by atoms with Gasteiger partial charge in [0.15, 0.2) is 0 Å². The highest BCUT2D eigenvalue weighted by Crippen LogP contribution is 2.46. The van der Waals surface area contributed by atoms with Gasteiger partial charge in [0, 0.05) is 44.1 Å². The molecular formula is C20H24N4O2. The molecule has 2 atom stereocenters. The molecule has 1 amide bonds. The van der Waals surface area contributed by atoms with Gasteiger partial charge < -0.3 is 9.64 Å².